The molecular formula is C38H37N3O3. The van der Waals surface area contributed by atoms with Crippen molar-refractivity contribution in [3.8, 4) is 0 Å². The molecule has 0 radical (unpaired) electrons. The van der Waals surface area contributed by atoms with E-state index in [1.807, 2.05) is 94.4 Å². The summed E-state index contributed by atoms with van der Waals surface area (Å²) in [5.74, 6) is -1.88. The van der Waals surface area contributed by atoms with Gasteiger partial charge >= 0.3 is 0 Å². The van der Waals surface area contributed by atoms with Gasteiger partial charge in [-0.2, -0.15) is 0 Å². The highest BCUT2D eigenvalue weighted by Gasteiger charge is 2.42. The Hall–Kier alpha value is -5.10. The van der Waals surface area contributed by atoms with Crippen molar-refractivity contribution in [1.29, 1.82) is 0 Å². The minimum atomic E-state index is -1.15. The normalized spacial score (nSPS) is 13.9. The smallest absolute Gasteiger partial charge is 0.262 e. The number of nitrogen functional groups attached to an aromatic ring is 1. The van der Waals surface area contributed by atoms with Crippen LogP contribution in [-0.2, 0) is 0 Å². The van der Waals surface area contributed by atoms with E-state index in [2.05, 4.69) is 18.8 Å². The number of ketones is 2. The third kappa shape index (κ3) is 5.51. The number of amides is 1. The number of anilines is 3. The minimum Gasteiger partial charge on any atom is -0.397 e. The summed E-state index contributed by atoms with van der Waals surface area (Å²) in [5, 5.41) is 0.859. The summed E-state index contributed by atoms with van der Waals surface area (Å²) in [4.78, 5) is 47.7. The Morgan fingerprint density at radius 3 is 1.98 bits per heavy atom. The highest BCUT2D eigenvalue weighted by atomic mass is 16.2. The molecule has 0 aliphatic heterocycles. The Balaban J connectivity index is 0.00000188. The average molecular weight is 584 g/mol. The maximum Gasteiger partial charge on any atom is 0.262 e. The molecular weight excluding hydrogens is 546 g/mol. The first-order valence-corrected chi connectivity index (χ1v) is 15.0. The lowest BCUT2D eigenvalue weighted by Crippen LogP contribution is -2.26. The predicted molar refractivity (Wildman–Crippen MR) is 178 cm³/mol. The molecule has 1 atom stereocenters. The third-order valence-electron chi connectivity index (χ3n) is 7.88. The van der Waals surface area contributed by atoms with Gasteiger partial charge in [-0.25, -0.2) is 4.98 Å². The molecule has 4 aromatic carbocycles. The summed E-state index contributed by atoms with van der Waals surface area (Å²) in [6.07, 6.45) is 0. The fraction of sp³-hybridized carbons (Fsp3) is 0.211. The summed E-state index contributed by atoms with van der Waals surface area (Å²) in [6, 6.07) is 27.8. The number of aryl methyl sites for hydroxylation is 2. The molecule has 6 rings (SSSR count). The summed E-state index contributed by atoms with van der Waals surface area (Å²) in [6.45, 7) is 12.2. The zero-order chi connectivity index (χ0) is 31.7. The van der Waals surface area contributed by atoms with Crippen LogP contribution in [0.4, 0.5) is 17.1 Å². The van der Waals surface area contributed by atoms with Crippen LogP contribution < -0.4 is 10.6 Å². The zero-order valence-electron chi connectivity index (χ0n) is 26.0. The van der Waals surface area contributed by atoms with E-state index >= 15 is 0 Å². The lowest BCUT2D eigenvalue weighted by Gasteiger charge is -2.24. The maximum atomic E-state index is 14.1. The fourth-order valence-corrected chi connectivity index (χ4v) is 5.64. The number of benzene rings is 4. The maximum absolute atomic E-state index is 14.1. The quantitative estimate of drug-likeness (QED) is 0.209. The number of nitrogens with two attached hydrogens (primary N) is 1. The average Bonchev–Trinajstić information content (AvgIpc) is 3.26. The van der Waals surface area contributed by atoms with E-state index in [0.717, 1.165) is 22.1 Å². The molecule has 5 aromatic rings. The topological polar surface area (TPSA) is 93.4 Å². The summed E-state index contributed by atoms with van der Waals surface area (Å²) < 4.78 is 0. The van der Waals surface area contributed by atoms with E-state index in [1.54, 1.807) is 23.1 Å². The van der Waals surface area contributed by atoms with Gasteiger partial charge in [-0.1, -0.05) is 58.0 Å². The van der Waals surface area contributed by atoms with Crippen molar-refractivity contribution >= 4 is 45.4 Å². The van der Waals surface area contributed by atoms with Crippen molar-refractivity contribution in [3.05, 3.63) is 130 Å². The molecule has 1 amide bonds. The number of Topliss-reactive ketones (excluding diaryl/α,β-unsaturated/α-hetero) is 2. The van der Waals surface area contributed by atoms with Gasteiger partial charge in [-0.3, -0.25) is 19.3 Å². The monoisotopic (exact) mass is 583 g/mol. The van der Waals surface area contributed by atoms with E-state index < -0.39 is 11.7 Å². The molecule has 1 aliphatic carbocycles. The van der Waals surface area contributed by atoms with Crippen molar-refractivity contribution in [2.24, 2.45) is 0 Å². The van der Waals surface area contributed by atoms with E-state index in [0.29, 0.717) is 34.1 Å². The van der Waals surface area contributed by atoms with Crippen molar-refractivity contribution in [2.45, 2.75) is 53.4 Å². The first kappa shape index (κ1) is 30.4. The number of carbonyl (C=O) groups is 3. The zero-order valence-corrected chi connectivity index (χ0v) is 26.0. The molecule has 222 valence electrons. The Morgan fingerprint density at radius 1 is 0.773 bits per heavy atom. The highest BCUT2D eigenvalue weighted by Crippen LogP contribution is 2.38. The lowest BCUT2D eigenvalue weighted by atomic mass is 9.95. The van der Waals surface area contributed by atoms with Crippen molar-refractivity contribution < 1.29 is 14.4 Å². The molecule has 1 heterocycles. The molecule has 6 nitrogen and oxygen atoms in total. The second-order valence-corrected chi connectivity index (χ2v) is 11.3. The van der Waals surface area contributed by atoms with Crippen LogP contribution in [0.3, 0.4) is 0 Å². The van der Waals surface area contributed by atoms with Crippen LogP contribution in [0, 0.1) is 13.8 Å². The van der Waals surface area contributed by atoms with Gasteiger partial charge in [-0.05, 0) is 97.1 Å². The molecule has 1 aromatic heterocycles. The number of aromatic nitrogens is 1. The molecule has 1 aliphatic rings. The van der Waals surface area contributed by atoms with Gasteiger partial charge in [0.05, 0.1) is 16.9 Å². The fourth-order valence-electron chi connectivity index (χ4n) is 5.64. The molecule has 6 heteroatoms. The standard InChI is InChI=1S/C36H31N3O3.C2H6/c1-20(2)23-12-14-31-25(17-23)19-30(37)33(38-31)32-34(40)28-13-11-24(18-29(28)35(32)41)36(42)39(26-9-5-7-21(3)15-26)27-10-6-8-22(4)16-27;1-2/h5-20,32H,37H2,1-4H3;1-2H3. The van der Waals surface area contributed by atoms with Crippen LogP contribution in [-0.4, -0.2) is 22.5 Å². The van der Waals surface area contributed by atoms with Crippen LogP contribution in [0.15, 0.2) is 91.0 Å². The van der Waals surface area contributed by atoms with Gasteiger partial charge in [0.15, 0.2) is 11.6 Å². The molecule has 1 unspecified atom stereocenters. The van der Waals surface area contributed by atoms with Crippen LogP contribution in [0.25, 0.3) is 10.9 Å². The number of carbonyl (C=O) groups excluding carboxylic acids is 3. The highest BCUT2D eigenvalue weighted by molar-refractivity contribution is 6.30. The van der Waals surface area contributed by atoms with E-state index in [4.69, 9.17) is 5.73 Å². The molecule has 0 bridgehead atoms. The van der Waals surface area contributed by atoms with Gasteiger partial charge in [0, 0.05) is 33.5 Å². The molecule has 0 fully saturated rings. The summed E-state index contributed by atoms with van der Waals surface area (Å²) >= 11 is 0. The first-order valence-electron chi connectivity index (χ1n) is 15.0. The van der Waals surface area contributed by atoms with Crippen molar-refractivity contribution in [2.75, 3.05) is 10.6 Å². The second-order valence-electron chi connectivity index (χ2n) is 11.3. The number of hydrogen-bond donors (Lipinski definition) is 1. The van der Waals surface area contributed by atoms with Crippen LogP contribution >= 0.6 is 0 Å². The van der Waals surface area contributed by atoms with E-state index in [1.165, 1.54) is 6.07 Å². The predicted octanol–water partition coefficient (Wildman–Crippen LogP) is 8.72. The Kier molecular flexibility index (Phi) is 8.45. The largest absolute Gasteiger partial charge is 0.397 e. The first-order chi connectivity index (χ1) is 21.1. The molecule has 44 heavy (non-hydrogen) atoms. The summed E-state index contributed by atoms with van der Waals surface area (Å²) in [5.41, 5.74) is 13.0. The second kappa shape index (κ2) is 12.3. The molecule has 0 spiro atoms. The van der Waals surface area contributed by atoms with Gasteiger partial charge < -0.3 is 5.73 Å². The van der Waals surface area contributed by atoms with Gasteiger partial charge in [0.1, 0.15) is 5.92 Å². The van der Waals surface area contributed by atoms with Gasteiger partial charge in [-0.15, -0.1) is 0 Å². The Bertz CT molecular complexity index is 1880. The van der Waals surface area contributed by atoms with Gasteiger partial charge in [0.25, 0.3) is 5.91 Å². The number of pyridine rings is 1. The van der Waals surface area contributed by atoms with Gasteiger partial charge in [0.2, 0.25) is 0 Å². The number of hydrogen-bond acceptors (Lipinski definition) is 5. The van der Waals surface area contributed by atoms with Crippen LogP contribution in [0.5, 0.6) is 0 Å². The van der Waals surface area contributed by atoms with Crippen molar-refractivity contribution in [3.63, 3.8) is 0 Å². The molecule has 0 saturated heterocycles. The Labute approximate surface area is 258 Å². The SMILES string of the molecule is CC.Cc1cccc(N(C(=O)c2ccc3c(c2)C(=O)C(c2nc4ccc(C(C)C)cc4cc2N)C3=O)c2cccc(C)c2)c1. The lowest BCUT2D eigenvalue weighted by molar-refractivity contribution is 0.0887. The Morgan fingerprint density at radius 2 is 1.39 bits per heavy atom. The van der Waals surface area contributed by atoms with E-state index in [9.17, 15) is 14.4 Å². The van der Waals surface area contributed by atoms with Crippen molar-refractivity contribution in [1.82, 2.24) is 4.98 Å². The number of nitrogens with zero attached hydrogens (tertiary/aromatic N) is 2. The van der Waals surface area contributed by atoms with E-state index in [-0.39, 0.29) is 28.5 Å². The number of fused-ring (bicyclic) bond motifs is 2. The number of rotatable bonds is 5. The van der Waals surface area contributed by atoms with Crippen LogP contribution in [0.2, 0.25) is 0 Å². The molecule has 0 saturated carbocycles. The summed E-state index contributed by atoms with van der Waals surface area (Å²) in [7, 11) is 0. The molecule has 2 N–H and O–H groups in total. The minimum absolute atomic E-state index is 0.209. The van der Waals surface area contributed by atoms with Crippen LogP contribution in [0.1, 0.15) is 93.0 Å². The third-order valence-corrected chi connectivity index (χ3v) is 7.88.